The van der Waals surface area contributed by atoms with Crippen molar-refractivity contribution in [3.8, 4) is 11.5 Å². The van der Waals surface area contributed by atoms with E-state index in [4.69, 9.17) is 15.2 Å². The Morgan fingerprint density at radius 3 is 2.19 bits per heavy atom. The number of anilines is 2. The van der Waals surface area contributed by atoms with E-state index in [9.17, 15) is 0 Å². The third-order valence-electron chi connectivity index (χ3n) is 3.30. The van der Waals surface area contributed by atoms with Crippen LogP contribution in [0.3, 0.4) is 0 Å². The Morgan fingerprint density at radius 1 is 1.05 bits per heavy atom. The summed E-state index contributed by atoms with van der Waals surface area (Å²) >= 11 is 3.44. The van der Waals surface area contributed by atoms with Crippen molar-refractivity contribution < 1.29 is 9.47 Å². The minimum atomic E-state index is 0.124. The van der Waals surface area contributed by atoms with Crippen molar-refractivity contribution in [3.63, 3.8) is 0 Å². The van der Waals surface area contributed by atoms with E-state index in [0.717, 1.165) is 10.2 Å². The van der Waals surface area contributed by atoms with Crippen LogP contribution < -0.4 is 20.5 Å². The van der Waals surface area contributed by atoms with Gasteiger partial charge in [-0.05, 0) is 24.6 Å². The van der Waals surface area contributed by atoms with Crippen molar-refractivity contribution in [3.05, 3.63) is 46.4 Å². The summed E-state index contributed by atoms with van der Waals surface area (Å²) in [7, 11) is 3.20. The Labute approximate surface area is 133 Å². The minimum absolute atomic E-state index is 0.124. The van der Waals surface area contributed by atoms with Crippen LogP contribution in [0.15, 0.2) is 40.9 Å². The molecule has 5 heteroatoms. The van der Waals surface area contributed by atoms with Crippen LogP contribution in [0.2, 0.25) is 0 Å². The molecule has 0 bridgehead atoms. The maximum absolute atomic E-state index is 6.07. The minimum Gasteiger partial charge on any atom is -0.493 e. The fraction of sp³-hybridized carbons (Fsp3) is 0.250. The van der Waals surface area contributed by atoms with Crippen LogP contribution in [0.25, 0.3) is 0 Å². The van der Waals surface area contributed by atoms with E-state index in [0.29, 0.717) is 17.2 Å². The van der Waals surface area contributed by atoms with Gasteiger partial charge in [-0.1, -0.05) is 28.1 Å². The van der Waals surface area contributed by atoms with Gasteiger partial charge in [-0.25, -0.2) is 0 Å². The highest BCUT2D eigenvalue weighted by Crippen LogP contribution is 2.36. The topological polar surface area (TPSA) is 56.5 Å². The highest BCUT2D eigenvalue weighted by molar-refractivity contribution is 9.10. The van der Waals surface area contributed by atoms with Crippen LogP contribution in [0.4, 0.5) is 11.4 Å². The molecule has 3 N–H and O–H groups in total. The summed E-state index contributed by atoms with van der Waals surface area (Å²) in [6.07, 6.45) is 0. The zero-order valence-electron chi connectivity index (χ0n) is 12.3. The SMILES string of the molecule is COc1cc(N)c(NC(C)c2ccc(Br)cc2)cc1OC. The molecule has 0 spiro atoms. The first-order valence-electron chi connectivity index (χ1n) is 6.58. The molecule has 0 aliphatic rings. The number of ether oxygens (including phenoxy) is 2. The van der Waals surface area contributed by atoms with E-state index < -0.39 is 0 Å². The number of benzene rings is 2. The number of hydrogen-bond donors (Lipinski definition) is 2. The first-order chi connectivity index (χ1) is 10.0. The van der Waals surface area contributed by atoms with E-state index in [1.807, 2.05) is 18.2 Å². The van der Waals surface area contributed by atoms with Crippen LogP contribution in [0.5, 0.6) is 11.5 Å². The van der Waals surface area contributed by atoms with Gasteiger partial charge in [0, 0.05) is 22.6 Å². The monoisotopic (exact) mass is 350 g/mol. The molecule has 0 amide bonds. The lowest BCUT2D eigenvalue weighted by Gasteiger charge is -2.19. The van der Waals surface area contributed by atoms with Gasteiger partial charge in [-0.15, -0.1) is 0 Å². The maximum atomic E-state index is 6.07. The van der Waals surface area contributed by atoms with E-state index in [-0.39, 0.29) is 6.04 Å². The number of halogens is 1. The molecular formula is C16H19BrN2O2. The standard InChI is InChI=1S/C16H19BrN2O2/c1-10(11-4-6-12(17)7-5-11)19-14-9-16(21-3)15(20-2)8-13(14)18/h4-10,19H,18H2,1-3H3. The fourth-order valence-corrected chi connectivity index (χ4v) is 2.35. The van der Waals surface area contributed by atoms with Gasteiger partial charge < -0.3 is 20.5 Å². The third kappa shape index (κ3) is 3.61. The van der Waals surface area contributed by atoms with E-state index in [2.05, 4.69) is 40.3 Å². The van der Waals surface area contributed by atoms with Gasteiger partial charge in [0.2, 0.25) is 0 Å². The zero-order chi connectivity index (χ0) is 15.4. The predicted octanol–water partition coefficient (Wildman–Crippen LogP) is 4.22. The number of nitrogens with one attached hydrogen (secondary N) is 1. The van der Waals surface area contributed by atoms with Gasteiger partial charge in [-0.3, -0.25) is 0 Å². The summed E-state index contributed by atoms with van der Waals surface area (Å²) in [6, 6.07) is 11.9. The lowest BCUT2D eigenvalue weighted by atomic mass is 10.1. The number of methoxy groups -OCH3 is 2. The summed E-state index contributed by atoms with van der Waals surface area (Å²) in [6.45, 7) is 2.08. The molecule has 112 valence electrons. The molecule has 0 saturated heterocycles. The molecule has 21 heavy (non-hydrogen) atoms. The first-order valence-corrected chi connectivity index (χ1v) is 7.38. The van der Waals surface area contributed by atoms with Crippen molar-refractivity contribution >= 4 is 27.3 Å². The number of hydrogen-bond acceptors (Lipinski definition) is 4. The van der Waals surface area contributed by atoms with Crippen LogP contribution in [0, 0.1) is 0 Å². The van der Waals surface area contributed by atoms with Gasteiger partial charge in [0.1, 0.15) is 0 Å². The fourth-order valence-electron chi connectivity index (χ4n) is 2.09. The molecule has 2 aromatic rings. The number of nitrogens with two attached hydrogens (primary N) is 1. The molecule has 0 aromatic heterocycles. The molecular weight excluding hydrogens is 332 g/mol. The van der Waals surface area contributed by atoms with Crippen molar-refractivity contribution in [2.75, 3.05) is 25.3 Å². The summed E-state index contributed by atoms with van der Waals surface area (Å²) in [5.74, 6) is 1.27. The Hall–Kier alpha value is -1.88. The van der Waals surface area contributed by atoms with E-state index >= 15 is 0 Å². The molecule has 0 saturated carbocycles. The highest BCUT2D eigenvalue weighted by Gasteiger charge is 2.12. The van der Waals surface area contributed by atoms with Crippen molar-refractivity contribution in [1.29, 1.82) is 0 Å². The number of nitrogen functional groups attached to an aromatic ring is 1. The summed E-state index contributed by atoms with van der Waals surface area (Å²) in [4.78, 5) is 0. The van der Waals surface area contributed by atoms with Crippen LogP contribution in [0.1, 0.15) is 18.5 Å². The predicted molar refractivity (Wildman–Crippen MR) is 90.1 cm³/mol. The van der Waals surface area contributed by atoms with Crippen molar-refractivity contribution in [1.82, 2.24) is 0 Å². The van der Waals surface area contributed by atoms with E-state index in [1.165, 1.54) is 5.56 Å². The van der Waals surface area contributed by atoms with E-state index in [1.54, 1.807) is 20.3 Å². The molecule has 2 aromatic carbocycles. The summed E-state index contributed by atoms with van der Waals surface area (Å²) in [5.41, 5.74) is 8.68. The number of rotatable bonds is 5. The molecule has 4 nitrogen and oxygen atoms in total. The van der Waals surface area contributed by atoms with Gasteiger partial charge in [0.05, 0.1) is 25.6 Å². The van der Waals surface area contributed by atoms with Gasteiger partial charge in [0.15, 0.2) is 11.5 Å². The molecule has 1 unspecified atom stereocenters. The highest BCUT2D eigenvalue weighted by atomic mass is 79.9. The average Bonchev–Trinajstić information content (AvgIpc) is 2.49. The Kier molecular flexibility index (Phi) is 4.96. The lowest BCUT2D eigenvalue weighted by molar-refractivity contribution is 0.355. The third-order valence-corrected chi connectivity index (χ3v) is 3.83. The Bertz CT molecular complexity index is 614. The summed E-state index contributed by atoms with van der Waals surface area (Å²) in [5, 5.41) is 3.40. The molecule has 1 atom stereocenters. The Balaban J connectivity index is 2.24. The second-order valence-electron chi connectivity index (χ2n) is 4.71. The van der Waals surface area contributed by atoms with Crippen LogP contribution >= 0.6 is 15.9 Å². The van der Waals surface area contributed by atoms with Crippen molar-refractivity contribution in [2.45, 2.75) is 13.0 Å². The van der Waals surface area contributed by atoms with Crippen LogP contribution in [-0.4, -0.2) is 14.2 Å². The molecule has 0 heterocycles. The molecule has 0 fully saturated rings. The van der Waals surface area contributed by atoms with Crippen molar-refractivity contribution in [2.24, 2.45) is 0 Å². The van der Waals surface area contributed by atoms with Gasteiger partial charge >= 0.3 is 0 Å². The zero-order valence-corrected chi connectivity index (χ0v) is 13.9. The maximum Gasteiger partial charge on any atom is 0.162 e. The Morgan fingerprint density at radius 2 is 1.62 bits per heavy atom. The largest absolute Gasteiger partial charge is 0.493 e. The second kappa shape index (κ2) is 6.72. The first kappa shape index (κ1) is 15.5. The second-order valence-corrected chi connectivity index (χ2v) is 5.63. The smallest absolute Gasteiger partial charge is 0.162 e. The quantitative estimate of drug-likeness (QED) is 0.792. The normalized spacial score (nSPS) is 11.8. The van der Waals surface area contributed by atoms with Gasteiger partial charge in [-0.2, -0.15) is 0 Å². The summed E-state index contributed by atoms with van der Waals surface area (Å²) < 4.78 is 11.6. The average molecular weight is 351 g/mol. The molecule has 0 aliphatic carbocycles. The molecule has 0 aliphatic heterocycles. The molecule has 0 radical (unpaired) electrons. The molecule has 2 rings (SSSR count). The van der Waals surface area contributed by atoms with Gasteiger partial charge in [0.25, 0.3) is 0 Å². The van der Waals surface area contributed by atoms with Crippen LogP contribution in [-0.2, 0) is 0 Å². The lowest BCUT2D eigenvalue weighted by Crippen LogP contribution is -2.09.